The Labute approximate surface area is 276 Å². The summed E-state index contributed by atoms with van der Waals surface area (Å²) < 4.78 is 23.1. The highest BCUT2D eigenvalue weighted by molar-refractivity contribution is 8.07. The summed E-state index contributed by atoms with van der Waals surface area (Å²) in [4.78, 5) is 23.8. The molecule has 2 saturated heterocycles. The minimum Gasteiger partial charge on any atom is -0.490 e. The van der Waals surface area contributed by atoms with Gasteiger partial charge in [-0.05, 0) is 36.5 Å². The van der Waals surface area contributed by atoms with Gasteiger partial charge in [-0.15, -0.1) is 0 Å². The zero-order chi connectivity index (χ0) is 29.8. The molecule has 0 bridgehead atoms. The van der Waals surface area contributed by atoms with E-state index in [1.54, 1.807) is 29.6 Å². The largest absolute Gasteiger partial charge is 0.490 e. The van der Waals surface area contributed by atoms with Gasteiger partial charge in [-0.1, -0.05) is 19.2 Å². The fourth-order valence-corrected chi connectivity index (χ4v) is 11.8. The first-order chi connectivity index (χ1) is 20.6. The first kappa shape index (κ1) is 35.8. The molecule has 0 saturated carbocycles. The van der Waals surface area contributed by atoms with Gasteiger partial charge in [0.2, 0.25) is 0 Å². The Morgan fingerprint density at radius 1 is 0.810 bits per heavy atom. The van der Waals surface area contributed by atoms with Gasteiger partial charge in [-0.2, -0.15) is 70.6 Å². The van der Waals surface area contributed by atoms with Crippen LogP contribution < -0.4 is 9.47 Å². The van der Waals surface area contributed by atoms with Crippen LogP contribution in [0.2, 0.25) is 0 Å². The Bertz CT molecular complexity index is 883. The summed E-state index contributed by atoms with van der Waals surface area (Å²) in [6.07, 6.45) is 3.91. The highest BCUT2D eigenvalue weighted by Crippen LogP contribution is 2.29. The quantitative estimate of drug-likeness (QED) is 0.0843. The SMILES string of the molecule is C=CC(=O)OC(COc1cccc(OCC(CSCCC2CSCCS2)OC(=O)C=C)c1)CSCCC1CSCCS1. The Morgan fingerprint density at radius 2 is 1.29 bits per heavy atom. The third-order valence-electron chi connectivity index (χ3n) is 6.12. The number of rotatable bonds is 20. The third kappa shape index (κ3) is 15.4. The van der Waals surface area contributed by atoms with E-state index >= 15 is 0 Å². The number of hydrogen-bond donors (Lipinski definition) is 0. The molecular weight excluding hydrogens is 649 g/mol. The van der Waals surface area contributed by atoms with Crippen molar-refractivity contribution in [2.24, 2.45) is 0 Å². The van der Waals surface area contributed by atoms with Crippen molar-refractivity contribution in [1.82, 2.24) is 0 Å². The Kier molecular flexibility index (Phi) is 18.7. The molecule has 0 radical (unpaired) electrons. The molecule has 0 aromatic heterocycles. The summed E-state index contributed by atoms with van der Waals surface area (Å²) in [5, 5.41) is 1.42. The number of carbonyl (C=O) groups is 2. The van der Waals surface area contributed by atoms with Gasteiger partial charge < -0.3 is 18.9 Å². The minimum atomic E-state index is -0.449. The van der Waals surface area contributed by atoms with E-state index in [2.05, 4.69) is 36.7 Å². The highest BCUT2D eigenvalue weighted by atomic mass is 32.2. The van der Waals surface area contributed by atoms with E-state index in [-0.39, 0.29) is 25.4 Å². The first-order valence-corrected chi connectivity index (χ1v) is 20.8. The lowest BCUT2D eigenvalue weighted by Crippen LogP contribution is -2.27. The van der Waals surface area contributed by atoms with Gasteiger partial charge in [0.1, 0.15) is 36.9 Å². The number of benzene rings is 1. The lowest BCUT2D eigenvalue weighted by atomic mass is 10.3. The molecule has 1 aromatic rings. The van der Waals surface area contributed by atoms with Crippen LogP contribution >= 0.6 is 70.6 Å². The van der Waals surface area contributed by atoms with Gasteiger partial charge in [0, 0.05) is 74.7 Å². The molecule has 0 spiro atoms. The first-order valence-electron chi connectivity index (χ1n) is 14.1. The molecule has 4 unspecified atom stereocenters. The maximum Gasteiger partial charge on any atom is 0.330 e. The van der Waals surface area contributed by atoms with E-state index in [1.807, 2.05) is 41.7 Å². The fraction of sp³-hybridized carbons (Fsp3) is 0.600. The summed E-state index contributed by atoms with van der Waals surface area (Å²) >= 11 is 11.8. The van der Waals surface area contributed by atoms with Crippen LogP contribution in [0.3, 0.4) is 0 Å². The van der Waals surface area contributed by atoms with E-state index < -0.39 is 11.9 Å². The maximum absolute atomic E-state index is 11.9. The van der Waals surface area contributed by atoms with Crippen molar-refractivity contribution < 1.29 is 28.5 Å². The number of carbonyl (C=O) groups excluding carboxylic acids is 2. The zero-order valence-corrected chi connectivity index (χ0v) is 28.9. The summed E-state index contributed by atoms with van der Waals surface area (Å²) in [7, 11) is 0. The molecule has 2 aliphatic heterocycles. The van der Waals surface area contributed by atoms with E-state index in [9.17, 15) is 9.59 Å². The van der Waals surface area contributed by atoms with E-state index in [0.717, 1.165) is 24.3 Å². The molecule has 6 nitrogen and oxygen atoms in total. The molecule has 2 aliphatic rings. The van der Waals surface area contributed by atoms with Crippen LogP contribution in [-0.2, 0) is 19.1 Å². The van der Waals surface area contributed by atoms with Crippen LogP contribution in [0.15, 0.2) is 49.6 Å². The molecule has 12 heteroatoms. The summed E-state index contributed by atoms with van der Waals surface area (Å²) in [5.41, 5.74) is 0. The number of thioether (sulfide) groups is 6. The Hall–Kier alpha value is -0.660. The second-order valence-corrected chi connectivity index (χ2v) is 16.9. The van der Waals surface area contributed by atoms with Crippen LogP contribution in [0.25, 0.3) is 0 Å². The van der Waals surface area contributed by atoms with Crippen molar-refractivity contribution in [2.45, 2.75) is 35.5 Å². The molecule has 2 fully saturated rings. The van der Waals surface area contributed by atoms with Crippen molar-refractivity contribution in [2.75, 3.05) is 70.7 Å². The normalized spacial score (nSPS) is 20.1. The van der Waals surface area contributed by atoms with Gasteiger partial charge in [-0.3, -0.25) is 0 Å². The molecular formula is C30H42O6S6. The summed E-state index contributed by atoms with van der Waals surface area (Å²) in [6.45, 7) is 7.51. The average Bonchev–Trinajstić information content (AvgIpc) is 3.03. The third-order valence-corrected chi connectivity index (χ3v) is 14.2. The second-order valence-electron chi connectivity index (χ2n) is 9.49. The molecule has 0 aliphatic carbocycles. The molecule has 0 N–H and O–H groups in total. The van der Waals surface area contributed by atoms with E-state index in [1.165, 1.54) is 46.7 Å². The van der Waals surface area contributed by atoms with Gasteiger partial charge >= 0.3 is 11.9 Å². The van der Waals surface area contributed by atoms with Crippen LogP contribution in [-0.4, -0.2) is 105 Å². The minimum absolute atomic E-state index is 0.234. The van der Waals surface area contributed by atoms with Crippen molar-refractivity contribution in [3.63, 3.8) is 0 Å². The van der Waals surface area contributed by atoms with Crippen molar-refractivity contribution in [3.05, 3.63) is 49.6 Å². The standard InChI is InChI=1S/C30H42O6S6/c1-3-29(31)35-25(19-37-10-8-27-21-39-12-14-41-27)17-33-23-6-5-7-24(16-23)34-18-26(36-30(32)4-2)20-38-11-9-28-22-40-13-15-42-28/h3-7,16,25-28H,1-2,8-15,17-22H2. The molecule has 234 valence electrons. The molecule has 2 heterocycles. The lowest BCUT2D eigenvalue weighted by Gasteiger charge is -2.22. The van der Waals surface area contributed by atoms with E-state index in [4.69, 9.17) is 18.9 Å². The number of hydrogen-bond acceptors (Lipinski definition) is 12. The van der Waals surface area contributed by atoms with Gasteiger partial charge in [0.15, 0.2) is 0 Å². The smallest absolute Gasteiger partial charge is 0.330 e. The Balaban J connectivity index is 1.44. The lowest BCUT2D eigenvalue weighted by molar-refractivity contribution is -0.144. The number of ether oxygens (including phenoxy) is 4. The highest BCUT2D eigenvalue weighted by Gasteiger charge is 2.19. The fourth-order valence-electron chi connectivity index (χ4n) is 3.95. The molecule has 3 rings (SSSR count). The summed E-state index contributed by atoms with van der Waals surface area (Å²) in [6, 6.07) is 7.34. The van der Waals surface area contributed by atoms with Gasteiger partial charge in [0.05, 0.1) is 0 Å². The molecule has 1 aromatic carbocycles. The van der Waals surface area contributed by atoms with Crippen LogP contribution in [0, 0.1) is 0 Å². The van der Waals surface area contributed by atoms with Crippen molar-refractivity contribution >= 4 is 82.5 Å². The zero-order valence-electron chi connectivity index (χ0n) is 24.0. The topological polar surface area (TPSA) is 71.1 Å². The predicted octanol–water partition coefficient (Wildman–Crippen LogP) is 6.58. The number of esters is 2. The van der Waals surface area contributed by atoms with Gasteiger partial charge in [-0.25, -0.2) is 9.59 Å². The van der Waals surface area contributed by atoms with E-state index in [0.29, 0.717) is 33.5 Å². The molecule has 42 heavy (non-hydrogen) atoms. The maximum atomic E-state index is 11.9. The van der Waals surface area contributed by atoms with Crippen LogP contribution in [0.1, 0.15) is 12.8 Å². The van der Waals surface area contributed by atoms with Crippen LogP contribution in [0.4, 0.5) is 0 Å². The van der Waals surface area contributed by atoms with Crippen molar-refractivity contribution in [1.29, 1.82) is 0 Å². The Morgan fingerprint density at radius 3 is 1.69 bits per heavy atom. The summed E-state index contributed by atoms with van der Waals surface area (Å²) in [5.74, 6) is 11.1. The second kappa shape index (κ2) is 21.9. The average molecular weight is 691 g/mol. The molecule has 0 amide bonds. The monoisotopic (exact) mass is 690 g/mol. The van der Waals surface area contributed by atoms with Gasteiger partial charge in [0.25, 0.3) is 0 Å². The van der Waals surface area contributed by atoms with Crippen LogP contribution in [0.5, 0.6) is 11.5 Å². The van der Waals surface area contributed by atoms with Crippen molar-refractivity contribution in [3.8, 4) is 11.5 Å². The molecule has 4 atom stereocenters. The predicted molar refractivity (Wildman–Crippen MR) is 189 cm³/mol.